The second-order valence-corrected chi connectivity index (χ2v) is 16.9. The molecule has 0 aromatic rings. The first-order valence-corrected chi connectivity index (χ1v) is 24.9. The first-order valence-electron chi connectivity index (χ1n) is 24.9. The number of ether oxygens (including phenoxy) is 1. The molecule has 0 spiro atoms. The predicted molar refractivity (Wildman–Crippen MR) is 250 cm³/mol. The van der Waals surface area contributed by atoms with Gasteiger partial charge >= 0.3 is 5.97 Å². The van der Waals surface area contributed by atoms with Crippen LogP contribution >= 0.6 is 0 Å². The molecule has 3 atom stereocenters. The number of carbonyl (C=O) groups excluding carboxylic acids is 2. The van der Waals surface area contributed by atoms with Gasteiger partial charge in [0.15, 0.2) is 0 Å². The molecular formula is C52H95NO5. The van der Waals surface area contributed by atoms with Crippen molar-refractivity contribution < 1.29 is 24.5 Å². The number of hydrogen-bond donors (Lipinski definition) is 3. The van der Waals surface area contributed by atoms with Crippen molar-refractivity contribution in [2.24, 2.45) is 0 Å². The molecule has 0 rings (SSSR count). The summed E-state index contributed by atoms with van der Waals surface area (Å²) in [6.45, 7) is 6.33. The Morgan fingerprint density at radius 1 is 0.517 bits per heavy atom. The number of allylic oxidation sites excluding steroid dienone is 8. The van der Waals surface area contributed by atoms with Gasteiger partial charge in [-0.2, -0.15) is 0 Å². The maximum atomic E-state index is 13.2. The number of nitrogens with one attached hydrogen (secondary N) is 1. The molecule has 0 aromatic heterocycles. The van der Waals surface area contributed by atoms with Crippen molar-refractivity contribution >= 4 is 11.9 Å². The lowest BCUT2D eigenvalue weighted by Gasteiger charge is -2.24. The summed E-state index contributed by atoms with van der Waals surface area (Å²) in [4.78, 5) is 26.1. The summed E-state index contributed by atoms with van der Waals surface area (Å²) in [5.41, 5.74) is 0. The Balaban J connectivity index is 4.63. The number of aliphatic hydroxyl groups is 2. The molecule has 0 aliphatic rings. The largest absolute Gasteiger partial charge is 0.462 e. The van der Waals surface area contributed by atoms with E-state index in [0.717, 1.165) is 89.9 Å². The molecule has 0 aliphatic carbocycles. The monoisotopic (exact) mass is 814 g/mol. The summed E-state index contributed by atoms with van der Waals surface area (Å²) >= 11 is 0. The van der Waals surface area contributed by atoms with Gasteiger partial charge in [-0.3, -0.25) is 9.59 Å². The van der Waals surface area contributed by atoms with Crippen LogP contribution in [0.2, 0.25) is 0 Å². The Bertz CT molecular complexity index is 1000. The average Bonchev–Trinajstić information content (AvgIpc) is 3.22. The smallest absolute Gasteiger partial charge is 0.306 e. The molecule has 0 aromatic carbocycles. The highest BCUT2D eigenvalue weighted by Gasteiger charge is 2.24. The molecule has 0 saturated heterocycles. The van der Waals surface area contributed by atoms with Gasteiger partial charge in [-0.15, -0.1) is 0 Å². The molecule has 0 radical (unpaired) electrons. The van der Waals surface area contributed by atoms with Crippen molar-refractivity contribution in [1.29, 1.82) is 0 Å². The molecule has 58 heavy (non-hydrogen) atoms. The highest BCUT2D eigenvalue weighted by Crippen LogP contribution is 2.17. The van der Waals surface area contributed by atoms with Crippen LogP contribution in [0.3, 0.4) is 0 Å². The number of unbranched alkanes of at least 4 members (excludes halogenated alkanes) is 26. The third-order valence-corrected chi connectivity index (χ3v) is 11.2. The van der Waals surface area contributed by atoms with Gasteiger partial charge in [-0.05, 0) is 70.6 Å². The highest BCUT2D eigenvalue weighted by molar-refractivity contribution is 5.77. The van der Waals surface area contributed by atoms with E-state index < -0.39 is 18.2 Å². The van der Waals surface area contributed by atoms with Gasteiger partial charge in [0.1, 0.15) is 6.10 Å². The summed E-state index contributed by atoms with van der Waals surface area (Å²) in [5, 5.41) is 23.7. The maximum Gasteiger partial charge on any atom is 0.306 e. The van der Waals surface area contributed by atoms with Gasteiger partial charge in [0.2, 0.25) is 5.91 Å². The van der Waals surface area contributed by atoms with Crippen LogP contribution in [0.1, 0.15) is 245 Å². The molecule has 6 heteroatoms. The number of hydrogen-bond acceptors (Lipinski definition) is 5. The van der Waals surface area contributed by atoms with Crippen LogP contribution in [-0.4, -0.2) is 46.9 Å². The molecule has 6 nitrogen and oxygen atoms in total. The molecule has 0 heterocycles. The molecule has 0 aliphatic heterocycles. The van der Waals surface area contributed by atoms with E-state index in [2.05, 4.69) is 74.7 Å². The zero-order chi connectivity index (χ0) is 42.4. The normalized spacial score (nSPS) is 13.7. The van der Waals surface area contributed by atoms with Crippen LogP contribution in [0.15, 0.2) is 48.6 Å². The van der Waals surface area contributed by atoms with E-state index in [-0.39, 0.29) is 24.9 Å². The fourth-order valence-corrected chi connectivity index (χ4v) is 7.42. The van der Waals surface area contributed by atoms with E-state index in [4.69, 9.17) is 4.74 Å². The third-order valence-electron chi connectivity index (χ3n) is 11.2. The van der Waals surface area contributed by atoms with Gasteiger partial charge in [-0.25, -0.2) is 0 Å². The zero-order valence-electron chi connectivity index (χ0n) is 38.4. The van der Waals surface area contributed by atoms with Crippen LogP contribution in [0.25, 0.3) is 0 Å². The van der Waals surface area contributed by atoms with Gasteiger partial charge in [0.25, 0.3) is 0 Å². The third kappa shape index (κ3) is 40.6. The Hall–Kier alpha value is -2.18. The Labute approximate surface area is 359 Å². The average molecular weight is 814 g/mol. The molecule has 1 amide bonds. The van der Waals surface area contributed by atoms with Crippen molar-refractivity contribution in [3.8, 4) is 0 Å². The van der Waals surface area contributed by atoms with E-state index in [1.54, 1.807) is 0 Å². The van der Waals surface area contributed by atoms with Gasteiger partial charge < -0.3 is 20.3 Å². The minimum Gasteiger partial charge on any atom is -0.462 e. The van der Waals surface area contributed by atoms with E-state index in [1.807, 2.05) is 0 Å². The summed E-state index contributed by atoms with van der Waals surface area (Å²) in [7, 11) is 0. The Morgan fingerprint density at radius 3 is 1.45 bits per heavy atom. The van der Waals surface area contributed by atoms with Crippen LogP contribution in [0, 0.1) is 0 Å². The van der Waals surface area contributed by atoms with E-state index in [9.17, 15) is 19.8 Å². The topological polar surface area (TPSA) is 95.9 Å². The van der Waals surface area contributed by atoms with Crippen molar-refractivity contribution in [2.75, 3.05) is 6.61 Å². The van der Waals surface area contributed by atoms with Gasteiger partial charge in [0.05, 0.1) is 25.2 Å². The second-order valence-electron chi connectivity index (χ2n) is 16.9. The lowest BCUT2D eigenvalue weighted by atomic mass is 10.0. The standard InChI is InChI=1S/C52H95NO5/c1-4-7-10-13-16-19-22-24-25-27-29-31-34-37-40-43-48(58-52(57)45-42-39-36-33-30-26-23-20-17-14-11-8-5-2)46-51(56)53-49(47-54)50(55)44-41-38-35-32-28-21-18-15-12-9-6-3/h8,11,14,17,20,23-25,48-50,54-55H,4-7,9-10,12-13,15-16,18-19,21-22,26-47H2,1-3H3,(H,53,56)/b11-8+,17-14+,23-20-,25-24+. The Morgan fingerprint density at radius 2 is 0.948 bits per heavy atom. The van der Waals surface area contributed by atoms with Crippen LogP contribution in [-0.2, 0) is 14.3 Å². The van der Waals surface area contributed by atoms with Crippen LogP contribution in [0.5, 0.6) is 0 Å². The fourth-order valence-electron chi connectivity index (χ4n) is 7.42. The quantitative estimate of drug-likeness (QED) is 0.0246. The number of carbonyl (C=O) groups is 2. The number of rotatable bonds is 44. The molecule has 0 fully saturated rings. The fraction of sp³-hybridized carbons (Fsp3) is 0.808. The van der Waals surface area contributed by atoms with Crippen molar-refractivity contribution in [3.05, 3.63) is 48.6 Å². The highest BCUT2D eigenvalue weighted by atomic mass is 16.5. The molecule has 338 valence electrons. The maximum absolute atomic E-state index is 13.2. The summed E-state index contributed by atoms with van der Waals surface area (Å²) < 4.78 is 5.91. The molecular weight excluding hydrogens is 719 g/mol. The first-order chi connectivity index (χ1) is 28.5. The zero-order valence-corrected chi connectivity index (χ0v) is 38.4. The van der Waals surface area contributed by atoms with E-state index in [0.29, 0.717) is 19.3 Å². The molecule has 3 unspecified atom stereocenters. The molecule has 0 saturated carbocycles. The van der Waals surface area contributed by atoms with Crippen LogP contribution in [0.4, 0.5) is 0 Å². The van der Waals surface area contributed by atoms with Crippen LogP contribution < -0.4 is 5.32 Å². The minimum absolute atomic E-state index is 0.0639. The number of amides is 1. The van der Waals surface area contributed by atoms with E-state index in [1.165, 1.54) is 109 Å². The molecule has 3 N–H and O–H groups in total. The summed E-state index contributed by atoms with van der Waals surface area (Å²) in [6.07, 6.45) is 54.5. The summed E-state index contributed by atoms with van der Waals surface area (Å²) in [5.74, 6) is -0.503. The van der Waals surface area contributed by atoms with Crippen molar-refractivity contribution in [3.63, 3.8) is 0 Å². The Kier molecular flexibility index (Phi) is 44.2. The summed E-state index contributed by atoms with van der Waals surface area (Å²) in [6, 6.07) is -0.707. The van der Waals surface area contributed by atoms with Gasteiger partial charge in [-0.1, -0.05) is 211 Å². The van der Waals surface area contributed by atoms with Crippen molar-refractivity contribution in [1.82, 2.24) is 5.32 Å². The number of aliphatic hydroxyl groups excluding tert-OH is 2. The predicted octanol–water partition coefficient (Wildman–Crippen LogP) is 14.7. The second kappa shape index (κ2) is 45.9. The SMILES string of the molecule is CC/C=C/C=C/C=C\CCCCCCCC(=O)OC(CCCCCCC/C=C/CCCCCCCC)CC(=O)NC(CO)C(O)CCCCCCCCCCCCC. The first kappa shape index (κ1) is 55.8. The van der Waals surface area contributed by atoms with Crippen molar-refractivity contribution in [2.45, 2.75) is 264 Å². The van der Waals surface area contributed by atoms with Gasteiger partial charge in [0, 0.05) is 6.42 Å². The minimum atomic E-state index is -0.792. The lowest BCUT2D eigenvalue weighted by molar-refractivity contribution is -0.151. The lowest BCUT2D eigenvalue weighted by Crippen LogP contribution is -2.46. The van der Waals surface area contributed by atoms with E-state index >= 15 is 0 Å². The number of esters is 1. The molecule has 0 bridgehead atoms.